The number of fused-ring (bicyclic) bond motifs is 1. The average Bonchev–Trinajstić information content (AvgIpc) is 2.36. The summed E-state index contributed by atoms with van der Waals surface area (Å²) >= 11 is 0. The maximum Gasteiger partial charge on any atom is 0.272 e. The molecule has 0 saturated heterocycles. The van der Waals surface area contributed by atoms with Gasteiger partial charge in [0.15, 0.2) is 0 Å². The Morgan fingerprint density at radius 3 is 3.30 bits per heavy atom. The van der Waals surface area contributed by atoms with Gasteiger partial charge in [0.25, 0.3) is 5.91 Å². The van der Waals surface area contributed by atoms with Gasteiger partial charge in [0.1, 0.15) is 18.1 Å². The lowest BCUT2D eigenvalue weighted by atomic mass is 10.1. The topological polar surface area (TPSA) is 53.8 Å². The largest absolute Gasteiger partial charge is 0.328 e. The predicted octanol–water partition coefficient (Wildman–Crippen LogP) is -0.519. The quantitative estimate of drug-likeness (QED) is 0.477. The highest BCUT2D eigenvalue weighted by Crippen LogP contribution is 2.06. The summed E-state index contributed by atoms with van der Waals surface area (Å²) in [6.07, 6.45) is 4.80. The number of hydrogen-bond donors (Lipinski definition) is 1. The van der Waals surface area contributed by atoms with Crippen molar-refractivity contribution in [1.82, 2.24) is 5.32 Å². The van der Waals surface area contributed by atoms with E-state index in [1.54, 1.807) is 12.3 Å². The molecule has 0 aliphatic carbocycles. The van der Waals surface area contributed by atoms with Crippen LogP contribution in [0.15, 0.2) is 22.3 Å². The lowest BCUT2D eigenvalue weighted by Crippen LogP contribution is -2.36. The van der Waals surface area contributed by atoms with Gasteiger partial charge in [-0.05, 0) is 6.08 Å². The number of aliphatic imine (C=N–C) groups is 2. The summed E-state index contributed by atoms with van der Waals surface area (Å²) in [5, 5.41) is 2.52. The Balaban J connectivity index is 2.41. The zero-order chi connectivity index (χ0) is 6.97. The normalized spacial score (nSPS) is 27.8. The molecular formula is C6H5N3O. The van der Waals surface area contributed by atoms with E-state index >= 15 is 0 Å². The van der Waals surface area contributed by atoms with Crippen LogP contribution in [0.25, 0.3) is 0 Å². The first-order valence-corrected chi connectivity index (χ1v) is 2.95. The van der Waals surface area contributed by atoms with E-state index in [4.69, 9.17) is 0 Å². The molecule has 2 rings (SSSR count). The SMILES string of the molecule is O=C1NC=CC2N=CN=C12. The maximum absolute atomic E-state index is 10.9. The third-order valence-corrected chi connectivity index (χ3v) is 1.43. The fraction of sp³-hybridized carbons (Fsp3) is 0.167. The van der Waals surface area contributed by atoms with Crippen LogP contribution in [0, 0.1) is 0 Å². The number of hydrogen-bond acceptors (Lipinski definition) is 3. The van der Waals surface area contributed by atoms with Crippen molar-refractivity contribution < 1.29 is 4.79 Å². The molecule has 1 N–H and O–H groups in total. The van der Waals surface area contributed by atoms with Crippen molar-refractivity contribution in [2.24, 2.45) is 9.98 Å². The smallest absolute Gasteiger partial charge is 0.272 e. The Morgan fingerprint density at radius 1 is 1.60 bits per heavy atom. The molecule has 10 heavy (non-hydrogen) atoms. The third-order valence-electron chi connectivity index (χ3n) is 1.43. The molecule has 0 saturated carbocycles. The Morgan fingerprint density at radius 2 is 2.50 bits per heavy atom. The molecule has 0 aromatic heterocycles. The molecule has 1 amide bonds. The number of amides is 1. The number of nitrogens with zero attached hydrogens (tertiary/aromatic N) is 2. The highest BCUT2D eigenvalue weighted by molar-refractivity contribution is 6.44. The van der Waals surface area contributed by atoms with E-state index in [-0.39, 0.29) is 11.9 Å². The molecule has 0 bridgehead atoms. The van der Waals surface area contributed by atoms with Crippen LogP contribution in [0.4, 0.5) is 0 Å². The second-order valence-corrected chi connectivity index (χ2v) is 2.06. The van der Waals surface area contributed by atoms with Gasteiger partial charge in [-0.1, -0.05) is 0 Å². The van der Waals surface area contributed by atoms with Gasteiger partial charge in [-0.3, -0.25) is 9.79 Å². The Hall–Kier alpha value is -1.45. The Labute approximate surface area is 57.4 Å². The molecule has 0 aromatic rings. The number of carbonyl (C=O) groups excluding carboxylic acids is 1. The standard InChI is InChI=1S/C6H5N3O/c10-6-5-4(1-2-7-6)8-3-9-5/h1-4H,(H,7,10). The third kappa shape index (κ3) is 0.586. The molecule has 2 heterocycles. The molecule has 0 spiro atoms. The van der Waals surface area contributed by atoms with Crippen molar-refractivity contribution in [3.63, 3.8) is 0 Å². The fourth-order valence-corrected chi connectivity index (χ4v) is 0.937. The first kappa shape index (κ1) is 5.34. The van der Waals surface area contributed by atoms with E-state index in [0.29, 0.717) is 5.71 Å². The molecule has 50 valence electrons. The summed E-state index contributed by atoms with van der Waals surface area (Å²) in [7, 11) is 0. The van der Waals surface area contributed by atoms with Crippen molar-refractivity contribution in [2.45, 2.75) is 6.04 Å². The second kappa shape index (κ2) is 1.76. The van der Waals surface area contributed by atoms with Crippen LogP contribution in [0.1, 0.15) is 0 Å². The van der Waals surface area contributed by atoms with E-state index in [9.17, 15) is 4.79 Å². The van der Waals surface area contributed by atoms with E-state index in [0.717, 1.165) is 0 Å². The van der Waals surface area contributed by atoms with Crippen molar-refractivity contribution in [2.75, 3.05) is 0 Å². The van der Waals surface area contributed by atoms with Gasteiger partial charge in [-0.15, -0.1) is 0 Å². The minimum Gasteiger partial charge on any atom is -0.328 e. The number of nitrogens with one attached hydrogen (secondary N) is 1. The molecule has 0 aromatic carbocycles. The van der Waals surface area contributed by atoms with Gasteiger partial charge in [0, 0.05) is 6.20 Å². The van der Waals surface area contributed by atoms with E-state index < -0.39 is 0 Å². The highest BCUT2D eigenvalue weighted by atomic mass is 16.1. The van der Waals surface area contributed by atoms with Gasteiger partial charge in [-0.25, -0.2) is 4.99 Å². The fourth-order valence-electron chi connectivity index (χ4n) is 0.937. The Bertz CT molecular complexity index is 264. The number of carbonyl (C=O) groups is 1. The lowest BCUT2D eigenvalue weighted by Gasteiger charge is -2.09. The molecule has 2 aliphatic heterocycles. The minimum atomic E-state index is -0.148. The van der Waals surface area contributed by atoms with Gasteiger partial charge in [-0.2, -0.15) is 0 Å². The molecule has 0 fully saturated rings. The summed E-state index contributed by atoms with van der Waals surface area (Å²) in [5.41, 5.74) is 0.488. The van der Waals surface area contributed by atoms with Crippen molar-refractivity contribution in [3.05, 3.63) is 12.3 Å². The summed E-state index contributed by atoms with van der Waals surface area (Å²) in [4.78, 5) is 18.6. The Kier molecular flexibility index (Phi) is 0.943. The maximum atomic E-state index is 10.9. The van der Waals surface area contributed by atoms with Crippen LogP contribution in [0.5, 0.6) is 0 Å². The molecule has 1 unspecified atom stereocenters. The van der Waals surface area contributed by atoms with Crippen molar-refractivity contribution >= 4 is 18.0 Å². The molecule has 2 aliphatic rings. The van der Waals surface area contributed by atoms with Gasteiger partial charge < -0.3 is 5.32 Å². The van der Waals surface area contributed by atoms with Gasteiger partial charge >= 0.3 is 0 Å². The zero-order valence-electron chi connectivity index (χ0n) is 5.11. The van der Waals surface area contributed by atoms with Gasteiger partial charge in [0.2, 0.25) is 0 Å². The first-order valence-electron chi connectivity index (χ1n) is 2.95. The van der Waals surface area contributed by atoms with Crippen LogP contribution in [-0.2, 0) is 4.79 Å². The van der Waals surface area contributed by atoms with Crippen LogP contribution in [0.2, 0.25) is 0 Å². The molecule has 0 radical (unpaired) electrons. The predicted molar refractivity (Wildman–Crippen MR) is 37.0 cm³/mol. The number of rotatable bonds is 0. The van der Waals surface area contributed by atoms with Crippen molar-refractivity contribution in [1.29, 1.82) is 0 Å². The van der Waals surface area contributed by atoms with Crippen molar-refractivity contribution in [3.8, 4) is 0 Å². The van der Waals surface area contributed by atoms with Crippen LogP contribution >= 0.6 is 0 Å². The summed E-state index contributed by atoms with van der Waals surface area (Å²) in [5.74, 6) is -0.148. The van der Waals surface area contributed by atoms with Gasteiger partial charge in [0.05, 0.1) is 0 Å². The molecule has 4 heteroatoms. The van der Waals surface area contributed by atoms with E-state index in [1.165, 1.54) is 6.34 Å². The summed E-state index contributed by atoms with van der Waals surface area (Å²) in [6.45, 7) is 0. The van der Waals surface area contributed by atoms with Crippen LogP contribution in [0.3, 0.4) is 0 Å². The van der Waals surface area contributed by atoms with Crippen LogP contribution < -0.4 is 5.32 Å². The summed E-state index contributed by atoms with van der Waals surface area (Å²) in [6, 6.07) is -0.131. The monoisotopic (exact) mass is 135 g/mol. The lowest BCUT2D eigenvalue weighted by molar-refractivity contribution is -0.114. The minimum absolute atomic E-state index is 0.131. The highest BCUT2D eigenvalue weighted by Gasteiger charge is 2.24. The van der Waals surface area contributed by atoms with E-state index in [2.05, 4.69) is 15.3 Å². The average molecular weight is 135 g/mol. The second-order valence-electron chi connectivity index (χ2n) is 2.06. The zero-order valence-corrected chi connectivity index (χ0v) is 5.11. The molecular weight excluding hydrogens is 130 g/mol. The van der Waals surface area contributed by atoms with Crippen LogP contribution in [-0.4, -0.2) is 24.0 Å². The molecule has 1 atom stereocenters. The molecule has 4 nitrogen and oxygen atoms in total. The van der Waals surface area contributed by atoms with E-state index in [1.807, 2.05) is 0 Å². The summed E-state index contributed by atoms with van der Waals surface area (Å²) < 4.78 is 0. The first-order chi connectivity index (χ1) is 4.88.